The van der Waals surface area contributed by atoms with Gasteiger partial charge in [0.05, 0.1) is 12.6 Å². The van der Waals surface area contributed by atoms with E-state index in [9.17, 15) is 5.11 Å². The van der Waals surface area contributed by atoms with Gasteiger partial charge in [-0.1, -0.05) is 13.8 Å². The molecular weight excluding hydrogens is 216 g/mol. The summed E-state index contributed by atoms with van der Waals surface area (Å²) in [5.74, 6) is 1.74. The van der Waals surface area contributed by atoms with Crippen LogP contribution in [0.5, 0.6) is 0 Å². The van der Waals surface area contributed by atoms with Crippen molar-refractivity contribution in [1.29, 1.82) is 0 Å². The van der Waals surface area contributed by atoms with E-state index in [1.807, 2.05) is 13.8 Å². The number of hydrogen-bond acceptors (Lipinski definition) is 5. The van der Waals surface area contributed by atoms with Crippen LogP contribution < -0.4 is 10.6 Å². The first kappa shape index (κ1) is 13.7. The van der Waals surface area contributed by atoms with Crippen LogP contribution in [0.2, 0.25) is 0 Å². The zero-order valence-corrected chi connectivity index (χ0v) is 11.0. The average Bonchev–Trinajstić information content (AvgIpc) is 2.29. The average molecular weight is 238 g/mol. The monoisotopic (exact) mass is 238 g/mol. The number of aromatic nitrogens is 2. The Balaban J connectivity index is 2.84. The molecule has 0 bridgehead atoms. The molecule has 5 nitrogen and oxygen atoms in total. The first-order valence-electron chi connectivity index (χ1n) is 6.03. The lowest BCUT2D eigenvalue weighted by molar-refractivity contribution is 0.249. The Labute approximate surface area is 103 Å². The fourth-order valence-corrected chi connectivity index (χ4v) is 1.43. The van der Waals surface area contributed by atoms with E-state index in [1.165, 1.54) is 0 Å². The SMILES string of the molecule is CCNc1ncc(C)c(N[C@H](CO)C(C)C)n1. The fraction of sp³-hybridized carbons (Fsp3) is 0.667. The number of rotatable bonds is 6. The summed E-state index contributed by atoms with van der Waals surface area (Å²) in [6.45, 7) is 8.97. The van der Waals surface area contributed by atoms with Crippen LogP contribution >= 0.6 is 0 Å². The molecule has 1 atom stereocenters. The van der Waals surface area contributed by atoms with Crippen molar-refractivity contribution in [3.63, 3.8) is 0 Å². The summed E-state index contributed by atoms with van der Waals surface area (Å²) in [7, 11) is 0. The van der Waals surface area contributed by atoms with Crippen LogP contribution in [-0.2, 0) is 0 Å². The Morgan fingerprint density at radius 2 is 2.12 bits per heavy atom. The standard InChI is InChI=1S/C12H22N4O/c1-5-13-12-14-6-9(4)11(16-12)15-10(7-17)8(2)3/h6,8,10,17H,5,7H2,1-4H3,(H2,13,14,15,16)/t10-/m1/s1. The van der Waals surface area contributed by atoms with Crippen LogP contribution in [0.3, 0.4) is 0 Å². The minimum absolute atomic E-state index is 0.0121. The number of hydrogen-bond donors (Lipinski definition) is 3. The van der Waals surface area contributed by atoms with E-state index in [1.54, 1.807) is 6.20 Å². The van der Waals surface area contributed by atoms with E-state index in [2.05, 4.69) is 34.4 Å². The molecule has 17 heavy (non-hydrogen) atoms. The number of aliphatic hydroxyl groups excluding tert-OH is 1. The number of nitrogens with one attached hydrogen (secondary N) is 2. The lowest BCUT2D eigenvalue weighted by atomic mass is 10.1. The zero-order chi connectivity index (χ0) is 12.8. The molecular formula is C12H22N4O. The molecule has 1 aromatic heterocycles. The predicted octanol–water partition coefficient (Wildman–Crippen LogP) is 1.65. The molecule has 1 heterocycles. The van der Waals surface area contributed by atoms with Gasteiger partial charge >= 0.3 is 0 Å². The van der Waals surface area contributed by atoms with E-state index in [4.69, 9.17) is 0 Å². The number of anilines is 2. The highest BCUT2D eigenvalue weighted by molar-refractivity contribution is 5.47. The van der Waals surface area contributed by atoms with Crippen molar-refractivity contribution in [2.75, 3.05) is 23.8 Å². The molecule has 0 unspecified atom stereocenters. The van der Waals surface area contributed by atoms with E-state index >= 15 is 0 Å². The second-order valence-electron chi connectivity index (χ2n) is 4.43. The van der Waals surface area contributed by atoms with Crippen LogP contribution in [0.25, 0.3) is 0 Å². The smallest absolute Gasteiger partial charge is 0.224 e. The van der Waals surface area contributed by atoms with E-state index in [-0.39, 0.29) is 12.6 Å². The molecule has 0 saturated carbocycles. The maximum atomic E-state index is 9.30. The molecule has 0 aliphatic rings. The van der Waals surface area contributed by atoms with Gasteiger partial charge in [-0.25, -0.2) is 4.98 Å². The molecule has 1 rings (SSSR count). The number of nitrogens with zero attached hydrogens (tertiary/aromatic N) is 2. The van der Waals surface area contributed by atoms with Crippen molar-refractivity contribution in [2.45, 2.75) is 33.7 Å². The molecule has 0 amide bonds. The van der Waals surface area contributed by atoms with E-state index < -0.39 is 0 Å². The van der Waals surface area contributed by atoms with Crippen molar-refractivity contribution in [3.05, 3.63) is 11.8 Å². The Kier molecular flexibility index (Phi) is 5.15. The predicted molar refractivity (Wildman–Crippen MR) is 70.3 cm³/mol. The Bertz CT molecular complexity index is 354. The van der Waals surface area contributed by atoms with Gasteiger partial charge < -0.3 is 15.7 Å². The van der Waals surface area contributed by atoms with Gasteiger partial charge in [0.25, 0.3) is 0 Å². The molecule has 5 heteroatoms. The van der Waals surface area contributed by atoms with Crippen molar-refractivity contribution >= 4 is 11.8 Å². The molecule has 3 N–H and O–H groups in total. The van der Waals surface area contributed by atoms with Crippen LogP contribution in [-0.4, -0.2) is 34.3 Å². The quantitative estimate of drug-likeness (QED) is 0.703. The minimum atomic E-state index is 0.0121. The molecule has 0 saturated heterocycles. The van der Waals surface area contributed by atoms with Crippen molar-refractivity contribution < 1.29 is 5.11 Å². The second-order valence-corrected chi connectivity index (χ2v) is 4.43. The molecule has 0 aliphatic carbocycles. The summed E-state index contributed by atoms with van der Waals surface area (Å²) in [4.78, 5) is 8.57. The van der Waals surface area contributed by atoms with Crippen molar-refractivity contribution in [3.8, 4) is 0 Å². The molecule has 0 spiro atoms. The Hall–Kier alpha value is -1.36. The van der Waals surface area contributed by atoms with Crippen LogP contribution in [0, 0.1) is 12.8 Å². The highest BCUT2D eigenvalue weighted by Crippen LogP contribution is 2.16. The van der Waals surface area contributed by atoms with Gasteiger partial charge in [0, 0.05) is 18.3 Å². The molecule has 96 valence electrons. The molecule has 0 aromatic carbocycles. The molecule has 0 radical (unpaired) electrons. The molecule has 0 aliphatic heterocycles. The van der Waals surface area contributed by atoms with E-state index in [0.717, 1.165) is 17.9 Å². The maximum absolute atomic E-state index is 9.30. The lowest BCUT2D eigenvalue weighted by Crippen LogP contribution is -2.30. The van der Waals surface area contributed by atoms with Gasteiger partial charge in [0.1, 0.15) is 5.82 Å². The molecule has 1 aromatic rings. The Morgan fingerprint density at radius 3 is 2.65 bits per heavy atom. The summed E-state index contributed by atoms with van der Waals surface area (Å²) in [6, 6.07) is 0.0121. The fourth-order valence-electron chi connectivity index (χ4n) is 1.43. The first-order valence-corrected chi connectivity index (χ1v) is 6.03. The van der Waals surface area contributed by atoms with Crippen LogP contribution in [0.4, 0.5) is 11.8 Å². The summed E-state index contributed by atoms with van der Waals surface area (Å²) in [5, 5.41) is 15.6. The van der Waals surface area contributed by atoms with E-state index in [0.29, 0.717) is 11.9 Å². The second kappa shape index (κ2) is 6.39. The summed E-state index contributed by atoms with van der Waals surface area (Å²) < 4.78 is 0. The van der Waals surface area contributed by atoms with Crippen molar-refractivity contribution in [1.82, 2.24) is 9.97 Å². The van der Waals surface area contributed by atoms with Gasteiger partial charge in [0.2, 0.25) is 5.95 Å². The number of aliphatic hydroxyl groups is 1. The van der Waals surface area contributed by atoms with Crippen LogP contribution in [0.1, 0.15) is 26.3 Å². The summed E-state index contributed by atoms with van der Waals surface area (Å²) in [6.07, 6.45) is 1.78. The van der Waals surface area contributed by atoms with Gasteiger partial charge in [-0.2, -0.15) is 4.98 Å². The third-order valence-corrected chi connectivity index (χ3v) is 2.63. The van der Waals surface area contributed by atoms with Crippen LogP contribution in [0.15, 0.2) is 6.20 Å². The summed E-state index contributed by atoms with van der Waals surface area (Å²) >= 11 is 0. The zero-order valence-electron chi connectivity index (χ0n) is 11.0. The lowest BCUT2D eigenvalue weighted by Gasteiger charge is -2.21. The molecule has 0 fully saturated rings. The van der Waals surface area contributed by atoms with Crippen molar-refractivity contribution in [2.24, 2.45) is 5.92 Å². The first-order chi connectivity index (χ1) is 8.08. The highest BCUT2D eigenvalue weighted by Gasteiger charge is 2.14. The van der Waals surface area contributed by atoms with Gasteiger partial charge in [-0.05, 0) is 19.8 Å². The third-order valence-electron chi connectivity index (χ3n) is 2.63. The topological polar surface area (TPSA) is 70.1 Å². The minimum Gasteiger partial charge on any atom is -0.394 e. The Morgan fingerprint density at radius 1 is 1.41 bits per heavy atom. The van der Waals surface area contributed by atoms with Gasteiger partial charge in [0.15, 0.2) is 0 Å². The number of aryl methyl sites for hydroxylation is 1. The maximum Gasteiger partial charge on any atom is 0.224 e. The highest BCUT2D eigenvalue weighted by atomic mass is 16.3. The summed E-state index contributed by atoms with van der Waals surface area (Å²) in [5.41, 5.74) is 0.978. The normalized spacial score (nSPS) is 12.6. The third kappa shape index (κ3) is 3.85. The van der Waals surface area contributed by atoms with Gasteiger partial charge in [-0.3, -0.25) is 0 Å². The largest absolute Gasteiger partial charge is 0.394 e. The van der Waals surface area contributed by atoms with Gasteiger partial charge in [-0.15, -0.1) is 0 Å².